The second-order valence-corrected chi connectivity index (χ2v) is 15.1. The molecule has 0 saturated carbocycles. The van der Waals surface area contributed by atoms with Gasteiger partial charge in [-0.25, -0.2) is 14.5 Å². The molecule has 2 amide bonds. The molecule has 2 fully saturated rings. The first kappa shape index (κ1) is 36.3. The summed E-state index contributed by atoms with van der Waals surface area (Å²) in [6.07, 6.45) is 8.47. The first-order chi connectivity index (χ1) is 25.4. The SMILES string of the molecule is CCN(Cc1cncc(-c2ccc3c(c2)c(-c2ncc(C(=O)N4CCC(O)(c5ccccc5)CC4)[nH]2)nn3C2CCCCO2)c1C)C(=O)OC(C)(C)C. The van der Waals surface area contributed by atoms with Crippen molar-refractivity contribution in [1.82, 2.24) is 34.5 Å². The number of likely N-dealkylation sites (tertiary alicyclic amines) is 1. The minimum absolute atomic E-state index is 0.162. The zero-order chi connectivity index (χ0) is 37.3. The van der Waals surface area contributed by atoms with E-state index in [2.05, 4.69) is 33.2 Å². The van der Waals surface area contributed by atoms with E-state index in [1.165, 1.54) is 0 Å². The van der Waals surface area contributed by atoms with Crippen molar-refractivity contribution < 1.29 is 24.2 Å². The number of ether oxygens (including phenoxy) is 2. The molecule has 12 nitrogen and oxygen atoms in total. The first-order valence-corrected chi connectivity index (χ1v) is 18.6. The summed E-state index contributed by atoms with van der Waals surface area (Å²) in [6, 6.07) is 15.9. The monoisotopic (exact) mass is 719 g/mol. The van der Waals surface area contributed by atoms with E-state index in [1.54, 1.807) is 22.2 Å². The van der Waals surface area contributed by atoms with Crippen molar-refractivity contribution in [1.29, 1.82) is 0 Å². The Morgan fingerprint density at radius 1 is 1.08 bits per heavy atom. The van der Waals surface area contributed by atoms with Gasteiger partial charge in [0, 0.05) is 49.6 Å². The van der Waals surface area contributed by atoms with Crippen LogP contribution in [0.5, 0.6) is 0 Å². The number of benzene rings is 2. The fourth-order valence-electron chi connectivity index (χ4n) is 7.31. The summed E-state index contributed by atoms with van der Waals surface area (Å²) < 4.78 is 13.8. The Labute approximate surface area is 310 Å². The van der Waals surface area contributed by atoms with Crippen LogP contribution >= 0.6 is 0 Å². The molecular weight excluding hydrogens is 670 g/mol. The number of fused-ring (bicyclic) bond motifs is 1. The maximum absolute atomic E-state index is 13.7. The van der Waals surface area contributed by atoms with E-state index >= 15 is 0 Å². The second-order valence-electron chi connectivity index (χ2n) is 15.1. The fourth-order valence-corrected chi connectivity index (χ4v) is 7.31. The lowest BCUT2D eigenvalue weighted by molar-refractivity contribution is -0.0365. The lowest BCUT2D eigenvalue weighted by atomic mass is 9.84. The van der Waals surface area contributed by atoms with Gasteiger partial charge in [0.25, 0.3) is 5.91 Å². The Kier molecular flexibility index (Phi) is 10.1. The van der Waals surface area contributed by atoms with Crippen LogP contribution in [0.1, 0.15) is 93.2 Å². The molecule has 0 radical (unpaired) electrons. The zero-order valence-electron chi connectivity index (χ0n) is 31.3. The van der Waals surface area contributed by atoms with Crippen molar-refractivity contribution in [2.45, 2.75) is 90.7 Å². The quantitative estimate of drug-likeness (QED) is 0.170. The Hall–Kier alpha value is -5.07. The zero-order valence-corrected chi connectivity index (χ0v) is 31.3. The van der Waals surface area contributed by atoms with Crippen molar-refractivity contribution in [3.8, 4) is 22.6 Å². The molecule has 2 aliphatic rings. The average molecular weight is 720 g/mol. The first-order valence-electron chi connectivity index (χ1n) is 18.6. The number of rotatable bonds is 8. The summed E-state index contributed by atoms with van der Waals surface area (Å²) in [5.74, 6) is 0.326. The number of aromatic amines is 1. The van der Waals surface area contributed by atoms with E-state index < -0.39 is 11.2 Å². The van der Waals surface area contributed by atoms with Crippen LogP contribution in [0.2, 0.25) is 0 Å². The number of H-pyrrole nitrogens is 1. The molecule has 3 aromatic heterocycles. The lowest BCUT2D eigenvalue weighted by Gasteiger charge is -2.38. The number of carbonyl (C=O) groups excluding carboxylic acids is 2. The number of amides is 2. The summed E-state index contributed by atoms with van der Waals surface area (Å²) in [4.78, 5) is 42.6. The van der Waals surface area contributed by atoms with Crippen molar-refractivity contribution in [2.24, 2.45) is 0 Å². The number of carbonyl (C=O) groups is 2. The fraction of sp³-hybridized carbons (Fsp3) is 0.439. The predicted octanol–water partition coefficient (Wildman–Crippen LogP) is 7.38. The van der Waals surface area contributed by atoms with E-state index in [9.17, 15) is 14.7 Å². The normalized spacial score (nSPS) is 17.5. The number of nitrogens with one attached hydrogen (secondary N) is 1. The number of imidazole rings is 1. The third kappa shape index (κ3) is 7.56. The summed E-state index contributed by atoms with van der Waals surface area (Å²) >= 11 is 0. The van der Waals surface area contributed by atoms with Crippen LogP contribution in [0.4, 0.5) is 4.79 Å². The standard InChI is InChI=1S/C41H49N7O5/c1-6-46(39(50)53-40(3,4)5)26-29-23-42-24-32(27(29)2)28-15-16-34-31(22-28)36(45-48(34)35-14-10-11-21-52-35)37-43-25-33(44-37)38(49)47-19-17-41(51,18-20-47)30-12-8-7-9-13-30/h7-9,12-13,15-16,22-25,35,51H,6,10-11,14,17-21,26H2,1-5H3,(H,43,44). The molecule has 0 bridgehead atoms. The van der Waals surface area contributed by atoms with Crippen LogP contribution in [0.15, 0.2) is 67.1 Å². The van der Waals surface area contributed by atoms with Gasteiger partial charge in [0.2, 0.25) is 0 Å². The van der Waals surface area contributed by atoms with Crippen LogP contribution in [0.25, 0.3) is 33.5 Å². The van der Waals surface area contributed by atoms with Crippen LogP contribution in [0, 0.1) is 6.92 Å². The topological polar surface area (TPSA) is 139 Å². The molecule has 2 N–H and O–H groups in total. The van der Waals surface area contributed by atoms with Gasteiger partial charge in [-0.05, 0) is 101 Å². The van der Waals surface area contributed by atoms with Crippen molar-refractivity contribution in [2.75, 3.05) is 26.2 Å². The van der Waals surface area contributed by atoms with Gasteiger partial charge in [-0.2, -0.15) is 5.10 Å². The smallest absolute Gasteiger partial charge is 0.410 e. The molecular formula is C41H49N7O5. The minimum Gasteiger partial charge on any atom is -0.444 e. The molecule has 12 heteroatoms. The average Bonchev–Trinajstić information content (AvgIpc) is 3.80. The third-order valence-corrected chi connectivity index (χ3v) is 10.4. The predicted molar refractivity (Wildman–Crippen MR) is 202 cm³/mol. The summed E-state index contributed by atoms with van der Waals surface area (Å²) in [7, 11) is 0. The molecule has 2 aromatic carbocycles. The highest BCUT2D eigenvalue weighted by molar-refractivity contribution is 5.97. The summed E-state index contributed by atoms with van der Waals surface area (Å²) in [5, 5.41) is 17.2. The van der Waals surface area contributed by atoms with Gasteiger partial charge < -0.3 is 29.4 Å². The molecule has 2 aliphatic heterocycles. The van der Waals surface area contributed by atoms with Gasteiger partial charge >= 0.3 is 6.09 Å². The Balaban J connectivity index is 1.19. The highest BCUT2D eigenvalue weighted by atomic mass is 16.6. The molecule has 0 aliphatic carbocycles. The Morgan fingerprint density at radius 2 is 1.85 bits per heavy atom. The maximum atomic E-state index is 13.7. The van der Waals surface area contributed by atoms with Crippen molar-refractivity contribution in [3.63, 3.8) is 0 Å². The van der Waals surface area contributed by atoms with Gasteiger partial charge in [-0.3, -0.25) is 9.78 Å². The molecule has 7 rings (SSSR count). The van der Waals surface area contributed by atoms with Crippen molar-refractivity contribution in [3.05, 3.63) is 89.5 Å². The maximum Gasteiger partial charge on any atom is 0.410 e. The number of aromatic nitrogens is 5. The number of pyridine rings is 1. The number of nitrogens with zero attached hydrogens (tertiary/aromatic N) is 6. The molecule has 53 heavy (non-hydrogen) atoms. The Bertz CT molecular complexity index is 2090. The lowest BCUT2D eigenvalue weighted by Crippen LogP contribution is -2.45. The number of aliphatic hydroxyl groups is 1. The van der Waals surface area contributed by atoms with Gasteiger partial charge in [0.05, 0.1) is 23.9 Å². The van der Waals surface area contributed by atoms with Crippen molar-refractivity contribution >= 4 is 22.9 Å². The molecule has 2 saturated heterocycles. The molecule has 5 aromatic rings. The number of piperidine rings is 1. The third-order valence-electron chi connectivity index (χ3n) is 10.4. The van der Waals surface area contributed by atoms with Gasteiger partial charge in [-0.15, -0.1) is 0 Å². The molecule has 1 atom stereocenters. The molecule has 1 unspecified atom stereocenters. The van der Waals surface area contributed by atoms with Crippen LogP contribution < -0.4 is 0 Å². The molecule has 0 spiro atoms. The minimum atomic E-state index is -0.956. The van der Waals surface area contributed by atoms with Gasteiger partial charge in [0.1, 0.15) is 17.0 Å². The van der Waals surface area contributed by atoms with E-state index in [0.29, 0.717) is 62.8 Å². The largest absolute Gasteiger partial charge is 0.444 e. The molecule has 5 heterocycles. The highest BCUT2D eigenvalue weighted by Crippen LogP contribution is 2.37. The van der Waals surface area contributed by atoms with Gasteiger partial charge in [-0.1, -0.05) is 36.4 Å². The number of hydrogen-bond acceptors (Lipinski definition) is 8. The van der Waals surface area contributed by atoms with E-state index in [-0.39, 0.29) is 18.2 Å². The second kappa shape index (κ2) is 14.7. The highest BCUT2D eigenvalue weighted by Gasteiger charge is 2.36. The summed E-state index contributed by atoms with van der Waals surface area (Å²) in [6.45, 7) is 12.0. The van der Waals surface area contributed by atoms with E-state index in [0.717, 1.165) is 58.0 Å². The molecule has 278 valence electrons. The summed E-state index contributed by atoms with van der Waals surface area (Å²) in [5.41, 5.74) is 5.04. The van der Waals surface area contributed by atoms with Gasteiger partial charge in [0.15, 0.2) is 12.1 Å². The number of hydrogen-bond donors (Lipinski definition) is 2. The van der Waals surface area contributed by atoms with Crippen LogP contribution in [0.3, 0.4) is 0 Å². The van der Waals surface area contributed by atoms with E-state index in [1.807, 2.05) is 75.8 Å². The van der Waals surface area contributed by atoms with Crippen LogP contribution in [-0.4, -0.2) is 83.5 Å². The van der Waals surface area contributed by atoms with Crippen LogP contribution in [-0.2, 0) is 21.6 Å². The van der Waals surface area contributed by atoms with E-state index in [4.69, 9.17) is 14.6 Å². The Morgan fingerprint density at radius 3 is 2.55 bits per heavy atom.